The number of aromatic nitrogens is 2. The van der Waals surface area contributed by atoms with Gasteiger partial charge in [0, 0.05) is 18.9 Å². The summed E-state index contributed by atoms with van der Waals surface area (Å²) in [4.78, 5) is 4.41. The minimum atomic E-state index is 0.867. The smallest absolute Gasteiger partial charge is 0.122 e. The summed E-state index contributed by atoms with van der Waals surface area (Å²) in [5, 5.41) is 3.40. The van der Waals surface area contributed by atoms with Gasteiger partial charge in [0.25, 0.3) is 0 Å². The molecular weight excluding hydrogens is 234 g/mol. The number of hydrogen-bond acceptors (Lipinski definition) is 2. The fourth-order valence-corrected chi connectivity index (χ4v) is 2.19. The molecule has 102 valence electrons. The third kappa shape index (κ3) is 4.52. The van der Waals surface area contributed by atoms with Gasteiger partial charge in [-0.25, -0.2) is 4.98 Å². The predicted octanol–water partition coefficient (Wildman–Crippen LogP) is 3.02. The van der Waals surface area contributed by atoms with Crippen molar-refractivity contribution < 1.29 is 0 Å². The largest absolute Gasteiger partial charge is 0.334 e. The maximum Gasteiger partial charge on any atom is 0.122 e. The van der Waals surface area contributed by atoms with Crippen molar-refractivity contribution in [3.8, 4) is 0 Å². The zero-order valence-corrected chi connectivity index (χ0v) is 11.7. The molecule has 1 aromatic carbocycles. The highest BCUT2D eigenvalue weighted by Gasteiger charge is 2.01. The third-order valence-corrected chi connectivity index (χ3v) is 3.22. The average molecular weight is 257 g/mol. The molecule has 2 aromatic rings. The highest BCUT2D eigenvalue weighted by atomic mass is 15.1. The van der Waals surface area contributed by atoms with Crippen molar-refractivity contribution in [2.45, 2.75) is 39.3 Å². The lowest BCUT2D eigenvalue weighted by atomic mass is 10.1. The minimum Gasteiger partial charge on any atom is -0.334 e. The molecule has 3 nitrogen and oxygen atoms in total. The van der Waals surface area contributed by atoms with Gasteiger partial charge in [0.05, 0.1) is 6.54 Å². The summed E-state index contributed by atoms with van der Waals surface area (Å²) in [6, 6.07) is 10.7. The number of aryl methyl sites for hydroxylation is 2. The van der Waals surface area contributed by atoms with Crippen LogP contribution in [0.1, 0.15) is 31.2 Å². The number of nitrogens with zero attached hydrogens (tertiary/aromatic N) is 2. The van der Waals surface area contributed by atoms with Gasteiger partial charge in [0.1, 0.15) is 5.82 Å². The van der Waals surface area contributed by atoms with Crippen molar-refractivity contribution >= 4 is 0 Å². The molecule has 2 rings (SSSR count). The van der Waals surface area contributed by atoms with E-state index in [1.807, 2.05) is 6.20 Å². The van der Waals surface area contributed by atoms with Gasteiger partial charge in [-0.1, -0.05) is 37.3 Å². The quantitative estimate of drug-likeness (QED) is 0.737. The molecule has 0 fully saturated rings. The van der Waals surface area contributed by atoms with E-state index in [4.69, 9.17) is 0 Å². The van der Waals surface area contributed by atoms with Crippen LogP contribution in [0, 0.1) is 0 Å². The lowest BCUT2D eigenvalue weighted by molar-refractivity contribution is 0.573. The predicted molar refractivity (Wildman–Crippen MR) is 79.0 cm³/mol. The van der Waals surface area contributed by atoms with Gasteiger partial charge in [0.2, 0.25) is 0 Å². The Morgan fingerprint density at radius 1 is 1.21 bits per heavy atom. The molecule has 0 spiro atoms. The van der Waals surface area contributed by atoms with E-state index in [0.717, 1.165) is 44.7 Å². The van der Waals surface area contributed by atoms with Crippen LogP contribution < -0.4 is 5.32 Å². The van der Waals surface area contributed by atoms with Gasteiger partial charge in [-0.2, -0.15) is 0 Å². The van der Waals surface area contributed by atoms with Crippen molar-refractivity contribution in [2.75, 3.05) is 6.54 Å². The Bertz CT molecular complexity index is 462. The summed E-state index contributed by atoms with van der Waals surface area (Å²) >= 11 is 0. The monoisotopic (exact) mass is 257 g/mol. The fourth-order valence-electron chi connectivity index (χ4n) is 2.19. The lowest BCUT2D eigenvalue weighted by Crippen LogP contribution is -2.17. The second-order valence-electron chi connectivity index (χ2n) is 4.80. The van der Waals surface area contributed by atoms with E-state index in [-0.39, 0.29) is 0 Å². The van der Waals surface area contributed by atoms with Gasteiger partial charge < -0.3 is 9.88 Å². The molecule has 0 radical (unpaired) electrons. The molecule has 1 heterocycles. The molecule has 0 unspecified atom stereocenters. The normalized spacial score (nSPS) is 10.8. The molecule has 19 heavy (non-hydrogen) atoms. The zero-order chi connectivity index (χ0) is 13.3. The van der Waals surface area contributed by atoms with E-state index in [1.165, 1.54) is 5.56 Å². The van der Waals surface area contributed by atoms with Crippen LogP contribution in [0.5, 0.6) is 0 Å². The summed E-state index contributed by atoms with van der Waals surface area (Å²) in [6.45, 7) is 5.14. The topological polar surface area (TPSA) is 29.9 Å². The van der Waals surface area contributed by atoms with Crippen LogP contribution in [-0.2, 0) is 19.5 Å². The second-order valence-corrected chi connectivity index (χ2v) is 4.80. The van der Waals surface area contributed by atoms with E-state index < -0.39 is 0 Å². The molecule has 0 amide bonds. The van der Waals surface area contributed by atoms with E-state index >= 15 is 0 Å². The molecule has 3 heteroatoms. The maximum absolute atomic E-state index is 4.41. The number of nitrogens with one attached hydrogen (secondary N) is 1. The Kier molecular flexibility index (Phi) is 5.63. The first-order valence-corrected chi connectivity index (χ1v) is 7.15. The van der Waals surface area contributed by atoms with Gasteiger partial charge in [-0.15, -0.1) is 0 Å². The number of hydrogen-bond donors (Lipinski definition) is 1. The average Bonchev–Trinajstić information content (AvgIpc) is 2.88. The van der Waals surface area contributed by atoms with E-state index in [1.54, 1.807) is 0 Å². The Balaban J connectivity index is 1.78. The molecule has 1 N–H and O–H groups in total. The van der Waals surface area contributed by atoms with Gasteiger partial charge in [-0.05, 0) is 31.4 Å². The molecule has 0 aliphatic carbocycles. The lowest BCUT2D eigenvalue weighted by Gasteiger charge is -2.08. The van der Waals surface area contributed by atoms with Crippen molar-refractivity contribution in [3.05, 3.63) is 54.1 Å². The Labute approximate surface area is 115 Å². The molecular formula is C16H23N3. The third-order valence-electron chi connectivity index (χ3n) is 3.22. The van der Waals surface area contributed by atoms with Crippen LogP contribution in [-0.4, -0.2) is 16.1 Å². The Morgan fingerprint density at radius 2 is 2.05 bits per heavy atom. The van der Waals surface area contributed by atoms with Crippen LogP contribution in [0.25, 0.3) is 0 Å². The fraction of sp³-hybridized carbons (Fsp3) is 0.438. The van der Waals surface area contributed by atoms with Gasteiger partial charge in [-0.3, -0.25) is 0 Å². The summed E-state index contributed by atoms with van der Waals surface area (Å²) in [5.74, 6) is 1.14. The van der Waals surface area contributed by atoms with Crippen molar-refractivity contribution in [2.24, 2.45) is 0 Å². The van der Waals surface area contributed by atoms with Crippen molar-refractivity contribution in [1.82, 2.24) is 14.9 Å². The Morgan fingerprint density at radius 3 is 2.84 bits per heavy atom. The summed E-state index contributed by atoms with van der Waals surface area (Å²) in [7, 11) is 0. The minimum absolute atomic E-state index is 0.867. The number of benzene rings is 1. The maximum atomic E-state index is 4.41. The molecule has 1 aromatic heterocycles. The summed E-state index contributed by atoms with van der Waals surface area (Å²) in [5.41, 5.74) is 1.41. The molecule has 0 bridgehead atoms. The zero-order valence-electron chi connectivity index (χ0n) is 11.7. The van der Waals surface area contributed by atoms with Crippen LogP contribution in [0.4, 0.5) is 0 Å². The first-order valence-electron chi connectivity index (χ1n) is 7.15. The van der Waals surface area contributed by atoms with Crippen LogP contribution in [0.3, 0.4) is 0 Å². The highest BCUT2D eigenvalue weighted by Crippen LogP contribution is 2.05. The first kappa shape index (κ1) is 13.8. The van der Waals surface area contributed by atoms with E-state index in [9.17, 15) is 0 Å². The van der Waals surface area contributed by atoms with Crippen LogP contribution in [0.2, 0.25) is 0 Å². The van der Waals surface area contributed by atoms with E-state index in [2.05, 4.69) is 58.3 Å². The SMILES string of the molecule is CCCNCc1nccn1CCCc1ccccc1. The highest BCUT2D eigenvalue weighted by molar-refractivity contribution is 5.14. The second kappa shape index (κ2) is 7.74. The van der Waals surface area contributed by atoms with Crippen molar-refractivity contribution in [3.63, 3.8) is 0 Å². The molecule has 0 saturated carbocycles. The van der Waals surface area contributed by atoms with Crippen LogP contribution in [0.15, 0.2) is 42.7 Å². The van der Waals surface area contributed by atoms with Gasteiger partial charge >= 0.3 is 0 Å². The summed E-state index contributed by atoms with van der Waals surface area (Å²) in [6.07, 6.45) is 7.41. The van der Waals surface area contributed by atoms with E-state index in [0.29, 0.717) is 0 Å². The molecule has 0 saturated heterocycles. The standard InChI is InChI=1S/C16H23N3/c1-2-10-17-14-16-18-11-13-19(16)12-6-9-15-7-4-3-5-8-15/h3-5,7-8,11,13,17H,2,6,9-10,12,14H2,1H3. The van der Waals surface area contributed by atoms with Crippen LogP contribution >= 0.6 is 0 Å². The Hall–Kier alpha value is -1.61. The molecule has 0 aliphatic rings. The van der Waals surface area contributed by atoms with Crippen molar-refractivity contribution in [1.29, 1.82) is 0 Å². The molecule has 0 aliphatic heterocycles. The number of imidazole rings is 1. The van der Waals surface area contributed by atoms with Gasteiger partial charge in [0.15, 0.2) is 0 Å². The number of rotatable bonds is 8. The summed E-state index contributed by atoms with van der Waals surface area (Å²) < 4.78 is 2.26. The molecule has 0 atom stereocenters. The first-order chi connectivity index (χ1) is 9.40.